The molecule has 3 rings (SSSR count). The molecule has 0 radical (unpaired) electrons. The Morgan fingerprint density at radius 1 is 1.32 bits per heavy atom. The lowest BCUT2D eigenvalue weighted by atomic mass is 10.1. The molecule has 8 heteroatoms. The van der Waals surface area contributed by atoms with Gasteiger partial charge in [-0.15, -0.1) is 0 Å². The molecule has 0 unspecified atom stereocenters. The Labute approximate surface area is 151 Å². The van der Waals surface area contributed by atoms with E-state index in [1.165, 1.54) is 29.0 Å². The number of thiazole rings is 1. The zero-order chi connectivity index (χ0) is 18.0. The fourth-order valence-electron chi connectivity index (χ4n) is 2.49. The van der Waals surface area contributed by atoms with Crippen molar-refractivity contribution in [2.24, 2.45) is 12.0 Å². The number of aryl methyl sites for hydroxylation is 2. The smallest absolute Gasteiger partial charge is 0.319 e. The predicted octanol–water partition coefficient (Wildman–Crippen LogP) is 3.91. The lowest BCUT2D eigenvalue weighted by molar-refractivity contribution is -0.380. The van der Waals surface area contributed by atoms with Crippen molar-refractivity contribution in [3.63, 3.8) is 0 Å². The fraction of sp³-hybridized carbons (Fsp3) is 0.176. The molecule has 0 atom stereocenters. The molecule has 0 N–H and O–H groups in total. The van der Waals surface area contributed by atoms with E-state index < -0.39 is 10.8 Å². The van der Waals surface area contributed by atoms with Gasteiger partial charge in [0.25, 0.3) is 5.91 Å². The van der Waals surface area contributed by atoms with Gasteiger partial charge < -0.3 is 4.57 Å². The van der Waals surface area contributed by atoms with Crippen LogP contribution in [0.2, 0.25) is 0 Å². The van der Waals surface area contributed by atoms with E-state index in [0.717, 1.165) is 28.0 Å². The van der Waals surface area contributed by atoms with E-state index in [4.69, 9.17) is 0 Å². The first-order chi connectivity index (χ1) is 12.0. The third kappa shape index (κ3) is 3.59. The number of carbonyl (C=O) groups is 1. The van der Waals surface area contributed by atoms with Gasteiger partial charge in [0.15, 0.2) is 4.80 Å². The van der Waals surface area contributed by atoms with Crippen LogP contribution in [0.25, 0.3) is 16.3 Å². The highest BCUT2D eigenvalue weighted by Crippen LogP contribution is 2.25. The standard InChI is InChI=1S/C17H15N3O3S2/c1-3-11-5-4-6-13-16(11)19(2)17(25-13)18-14(21)9-7-12-8-10-15(24-12)20(22)23/h4-10H,3H2,1-2H3. The molecule has 0 spiro atoms. The number of hydrogen-bond donors (Lipinski definition) is 0. The molecule has 2 aromatic heterocycles. The summed E-state index contributed by atoms with van der Waals surface area (Å²) in [6.07, 6.45) is 3.79. The molecular weight excluding hydrogens is 358 g/mol. The number of para-hydroxylation sites is 1. The summed E-state index contributed by atoms with van der Waals surface area (Å²) < 4.78 is 3.02. The Kier molecular flexibility index (Phi) is 4.91. The highest BCUT2D eigenvalue weighted by molar-refractivity contribution is 7.16. The minimum Gasteiger partial charge on any atom is -0.319 e. The molecule has 128 valence electrons. The van der Waals surface area contributed by atoms with E-state index in [0.29, 0.717) is 9.68 Å². The highest BCUT2D eigenvalue weighted by atomic mass is 32.1. The summed E-state index contributed by atoms with van der Waals surface area (Å²) in [6, 6.07) is 9.13. The van der Waals surface area contributed by atoms with Gasteiger partial charge in [-0.1, -0.05) is 41.7 Å². The highest BCUT2D eigenvalue weighted by Gasteiger charge is 2.09. The third-order valence-corrected chi connectivity index (χ3v) is 5.77. The zero-order valence-corrected chi connectivity index (χ0v) is 15.3. The Morgan fingerprint density at radius 3 is 2.80 bits per heavy atom. The molecule has 1 amide bonds. The van der Waals surface area contributed by atoms with Crippen LogP contribution < -0.4 is 4.80 Å². The van der Waals surface area contributed by atoms with E-state index in [9.17, 15) is 14.9 Å². The van der Waals surface area contributed by atoms with E-state index in [-0.39, 0.29) is 5.00 Å². The summed E-state index contributed by atoms with van der Waals surface area (Å²) in [4.78, 5) is 27.8. The SMILES string of the molecule is CCc1cccc2sc(=NC(=O)C=Cc3ccc([N+](=O)[O-])s3)n(C)c12. The van der Waals surface area contributed by atoms with Gasteiger partial charge in [0.05, 0.1) is 15.1 Å². The van der Waals surface area contributed by atoms with Crippen LogP contribution in [0.3, 0.4) is 0 Å². The number of aromatic nitrogens is 1. The number of carbonyl (C=O) groups excluding carboxylic acids is 1. The molecule has 0 aliphatic heterocycles. The Bertz CT molecular complexity index is 1060. The lowest BCUT2D eigenvalue weighted by Crippen LogP contribution is -2.12. The van der Waals surface area contributed by atoms with Crippen molar-refractivity contribution in [2.45, 2.75) is 13.3 Å². The van der Waals surface area contributed by atoms with Crippen LogP contribution in [0.4, 0.5) is 5.00 Å². The van der Waals surface area contributed by atoms with Crippen molar-refractivity contribution in [1.29, 1.82) is 0 Å². The normalized spacial score (nSPS) is 12.3. The summed E-state index contributed by atoms with van der Waals surface area (Å²) in [5.41, 5.74) is 2.31. The van der Waals surface area contributed by atoms with Crippen molar-refractivity contribution in [3.8, 4) is 0 Å². The molecular formula is C17H15N3O3S2. The van der Waals surface area contributed by atoms with Crippen LogP contribution in [0.15, 0.2) is 41.4 Å². The maximum Gasteiger partial charge on any atom is 0.324 e. The maximum absolute atomic E-state index is 12.1. The lowest BCUT2D eigenvalue weighted by Gasteiger charge is -2.01. The van der Waals surface area contributed by atoms with Crippen LogP contribution in [0.5, 0.6) is 0 Å². The van der Waals surface area contributed by atoms with Crippen molar-refractivity contribution < 1.29 is 9.72 Å². The molecule has 0 saturated carbocycles. The maximum atomic E-state index is 12.1. The van der Waals surface area contributed by atoms with Crippen LogP contribution in [0, 0.1) is 10.1 Å². The largest absolute Gasteiger partial charge is 0.324 e. The third-order valence-electron chi connectivity index (χ3n) is 3.68. The number of benzene rings is 1. The van der Waals surface area contributed by atoms with Gasteiger partial charge in [-0.25, -0.2) is 0 Å². The Hall–Kier alpha value is -2.58. The topological polar surface area (TPSA) is 77.5 Å². The Morgan fingerprint density at radius 2 is 2.12 bits per heavy atom. The minimum absolute atomic E-state index is 0.0482. The number of hydrogen-bond acceptors (Lipinski definition) is 5. The van der Waals surface area contributed by atoms with E-state index in [2.05, 4.69) is 18.0 Å². The summed E-state index contributed by atoms with van der Waals surface area (Å²) >= 11 is 2.49. The minimum atomic E-state index is -0.448. The van der Waals surface area contributed by atoms with Gasteiger partial charge in [-0.2, -0.15) is 4.99 Å². The van der Waals surface area contributed by atoms with Gasteiger partial charge in [-0.3, -0.25) is 14.9 Å². The zero-order valence-electron chi connectivity index (χ0n) is 13.6. The van der Waals surface area contributed by atoms with Crippen molar-refractivity contribution in [1.82, 2.24) is 4.57 Å². The molecule has 0 aliphatic rings. The number of nitro groups is 1. The molecule has 0 bridgehead atoms. The second-order valence-electron chi connectivity index (χ2n) is 5.28. The molecule has 2 heterocycles. The number of rotatable bonds is 4. The van der Waals surface area contributed by atoms with Crippen LogP contribution >= 0.6 is 22.7 Å². The second kappa shape index (κ2) is 7.12. The average Bonchev–Trinajstić information content (AvgIpc) is 3.18. The first-order valence-corrected chi connectivity index (χ1v) is 9.21. The molecule has 3 aromatic rings. The second-order valence-corrected chi connectivity index (χ2v) is 7.38. The summed E-state index contributed by atoms with van der Waals surface area (Å²) in [6.45, 7) is 2.09. The summed E-state index contributed by atoms with van der Waals surface area (Å²) in [5.74, 6) is -0.392. The van der Waals surface area contributed by atoms with Crippen LogP contribution in [0.1, 0.15) is 17.4 Å². The number of nitrogens with zero attached hydrogens (tertiary/aromatic N) is 3. The van der Waals surface area contributed by atoms with E-state index >= 15 is 0 Å². The van der Waals surface area contributed by atoms with E-state index in [1.807, 2.05) is 23.7 Å². The quantitative estimate of drug-likeness (QED) is 0.395. The predicted molar refractivity (Wildman–Crippen MR) is 101 cm³/mol. The van der Waals surface area contributed by atoms with Gasteiger partial charge in [-0.05, 0) is 30.2 Å². The van der Waals surface area contributed by atoms with Crippen LogP contribution in [-0.4, -0.2) is 15.4 Å². The number of amides is 1. The average molecular weight is 373 g/mol. The molecule has 6 nitrogen and oxygen atoms in total. The van der Waals surface area contributed by atoms with Crippen molar-refractivity contribution in [3.05, 3.63) is 61.8 Å². The first kappa shape index (κ1) is 17.2. The monoisotopic (exact) mass is 373 g/mol. The van der Waals surface area contributed by atoms with Gasteiger partial charge in [0, 0.05) is 24.1 Å². The molecule has 1 aromatic carbocycles. The number of fused-ring (bicyclic) bond motifs is 1. The summed E-state index contributed by atoms with van der Waals surface area (Å²) in [5, 5.41) is 10.7. The van der Waals surface area contributed by atoms with Gasteiger partial charge in [0.1, 0.15) is 0 Å². The van der Waals surface area contributed by atoms with Gasteiger partial charge >= 0.3 is 5.00 Å². The van der Waals surface area contributed by atoms with Crippen molar-refractivity contribution >= 4 is 49.9 Å². The Balaban J connectivity index is 1.90. The molecule has 0 aliphatic carbocycles. The number of thiophene rings is 1. The molecule has 25 heavy (non-hydrogen) atoms. The fourth-order valence-corrected chi connectivity index (χ4v) is 4.29. The van der Waals surface area contributed by atoms with Gasteiger partial charge in [0.2, 0.25) is 0 Å². The van der Waals surface area contributed by atoms with Crippen molar-refractivity contribution in [2.75, 3.05) is 0 Å². The molecule has 0 fully saturated rings. The van der Waals surface area contributed by atoms with Crippen LogP contribution in [-0.2, 0) is 18.3 Å². The van der Waals surface area contributed by atoms with E-state index in [1.54, 1.807) is 12.1 Å². The first-order valence-electron chi connectivity index (χ1n) is 7.58. The summed E-state index contributed by atoms with van der Waals surface area (Å²) in [7, 11) is 1.90. The molecule has 0 saturated heterocycles.